The maximum atomic E-state index is 10.5. The van der Waals surface area contributed by atoms with E-state index in [1.165, 1.54) is 41.7 Å². The number of aromatic nitrogens is 2. The molecule has 0 radical (unpaired) electrons. The number of rotatable bonds is 6. The van der Waals surface area contributed by atoms with Crippen LogP contribution in [0, 0.1) is 20.2 Å². The van der Waals surface area contributed by atoms with Crippen LogP contribution in [-0.4, -0.2) is 34.0 Å². The summed E-state index contributed by atoms with van der Waals surface area (Å²) in [6.45, 7) is 1.01. The van der Waals surface area contributed by atoms with E-state index < -0.39 is 9.85 Å². The van der Waals surface area contributed by atoms with Gasteiger partial charge < -0.3 is 20.9 Å². The number of ether oxygens (including phenoxy) is 2. The number of benzene rings is 3. The first-order valence-corrected chi connectivity index (χ1v) is 13.1. The number of nitro benzene ring substituents is 2. The summed E-state index contributed by atoms with van der Waals surface area (Å²) >= 11 is 6.97. The van der Waals surface area contributed by atoms with Gasteiger partial charge in [0, 0.05) is 54.8 Å². The minimum atomic E-state index is -0.487. The second-order valence-electron chi connectivity index (χ2n) is 7.72. The molecular formula is C24H24N6O6S3. The van der Waals surface area contributed by atoms with Crippen LogP contribution in [0.15, 0.2) is 59.5 Å². The zero-order chi connectivity index (χ0) is 28.5. The van der Waals surface area contributed by atoms with Crippen LogP contribution < -0.4 is 11.5 Å². The van der Waals surface area contributed by atoms with E-state index in [-0.39, 0.29) is 11.4 Å². The van der Waals surface area contributed by atoms with Gasteiger partial charge in [-0.25, -0.2) is 9.97 Å². The van der Waals surface area contributed by atoms with Crippen LogP contribution in [0.1, 0.15) is 10.0 Å². The molecule has 5 aromatic rings. The Hall–Kier alpha value is -3.89. The van der Waals surface area contributed by atoms with Crippen molar-refractivity contribution in [3.63, 3.8) is 0 Å². The molecule has 2 aromatic heterocycles. The number of non-ortho nitro benzene ring substituents is 2. The van der Waals surface area contributed by atoms with E-state index in [2.05, 4.69) is 22.6 Å². The van der Waals surface area contributed by atoms with Crippen molar-refractivity contribution in [1.29, 1.82) is 0 Å². The van der Waals surface area contributed by atoms with Gasteiger partial charge in [0.1, 0.15) is 10.0 Å². The zero-order valence-corrected chi connectivity index (χ0v) is 23.3. The van der Waals surface area contributed by atoms with Crippen molar-refractivity contribution in [3.8, 4) is 0 Å². The highest BCUT2D eigenvalue weighted by Crippen LogP contribution is 2.27. The van der Waals surface area contributed by atoms with Crippen LogP contribution in [0.3, 0.4) is 0 Å². The lowest BCUT2D eigenvalue weighted by Crippen LogP contribution is -1.90. The fourth-order valence-electron chi connectivity index (χ4n) is 3.08. The molecule has 3 aromatic carbocycles. The molecular weight excluding hydrogens is 565 g/mol. The lowest BCUT2D eigenvalue weighted by Gasteiger charge is -1.96. The number of thiazole rings is 2. The summed E-state index contributed by atoms with van der Waals surface area (Å²) in [6.07, 6.45) is 0. The highest BCUT2D eigenvalue weighted by atomic mass is 32.1. The summed E-state index contributed by atoms with van der Waals surface area (Å²) in [5, 5.41) is 22.6. The minimum absolute atomic E-state index is 0.00389. The van der Waals surface area contributed by atoms with Gasteiger partial charge in [-0.1, -0.05) is 0 Å². The molecule has 5 rings (SSSR count). The SMILES string of the molecule is COCc1nc2ccc(N)cc2s1.COCc1nc2ccc([N+](=O)[O-])cc2s1.Nc1ccc([N+](=O)[O-])cc1S. The van der Waals surface area contributed by atoms with Gasteiger partial charge in [0.2, 0.25) is 0 Å². The van der Waals surface area contributed by atoms with Crippen molar-refractivity contribution < 1.29 is 19.3 Å². The normalized spacial score (nSPS) is 10.4. The van der Waals surface area contributed by atoms with Crippen LogP contribution in [0.2, 0.25) is 0 Å². The molecule has 0 aliphatic heterocycles. The molecule has 0 spiro atoms. The molecule has 0 fully saturated rings. The Bertz CT molecular complexity index is 1610. The van der Waals surface area contributed by atoms with Gasteiger partial charge in [-0.2, -0.15) is 0 Å². The Morgan fingerprint density at radius 1 is 0.795 bits per heavy atom. The molecule has 0 aliphatic rings. The quantitative estimate of drug-likeness (QED) is 0.0942. The molecule has 2 heterocycles. The Kier molecular flexibility index (Phi) is 10.5. The summed E-state index contributed by atoms with van der Waals surface area (Å²) in [5.41, 5.74) is 14.1. The molecule has 0 aliphatic carbocycles. The molecule has 39 heavy (non-hydrogen) atoms. The predicted octanol–water partition coefficient (Wildman–Crippen LogP) is 5.84. The Morgan fingerprint density at radius 2 is 1.28 bits per heavy atom. The molecule has 4 N–H and O–H groups in total. The molecule has 0 unspecified atom stereocenters. The van der Waals surface area contributed by atoms with Crippen LogP contribution >= 0.6 is 35.3 Å². The number of thiol groups is 1. The van der Waals surface area contributed by atoms with E-state index >= 15 is 0 Å². The number of methoxy groups -OCH3 is 2. The van der Waals surface area contributed by atoms with Crippen molar-refractivity contribution in [2.45, 2.75) is 18.1 Å². The maximum Gasteiger partial charge on any atom is 0.270 e. The number of fused-ring (bicyclic) bond motifs is 2. The average Bonchev–Trinajstić information content (AvgIpc) is 3.48. The Labute approximate surface area is 235 Å². The lowest BCUT2D eigenvalue weighted by molar-refractivity contribution is -0.385. The van der Waals surface area contributed by atoms with Gasteiger partial charge in [0.05, 0.1) is 43.5 Å². The number of hydrogen-bond donors (Lipinski definition) is 3. The van der Waals surface area contributed by atoms with E-state index in [1.807, 2.05) is 18.2 Å². The summed E-state index contributed by atoms with van der Waals surface area (Å²) in [6, 6.07) is 14.5. The third-order valence-corrected chi connectivity index (χ3v) is 7.22. The van der Waals surface area contributed by atoms with E-state index in [9.17, 15) is 20.2 Å². The molecule has 0 amide bonds. The first-order valence-electron chi connectivity index (χ1n) is 11.0. The van der Waals surface area contributed by atoms with E-state index in [1.54, 1.807) is 31.6 Å². The van der Waals surface area contributed by atoms with Crippen molar-refractivity contribution >= 4 is 78.5 Å². The third kappa shape index (κ3) is 8.30. The smallest absolute Gasteiger partial charge is 0.270 e. The second-order valence-corrected chi connectivity index (χ2v) is 10.4. The first-order chi connectivity index (χ1) is 18.6. The van der Waals surface area contributed by atoms with Crippen LogP contribution in [0.25, 0.3) is 20.4 Å². The molecule has 12 nitrogen and oxygen atoms in total. The largest absolute Gasteiger partial charge is 0.399 e. The fourth-order valence-corrected chi connectivity index (χ4v) is 5.25. The highest BCUT2D eigenvalue weighted by Gasteiger charge is 2.10. The number of nitro groups is 2. The van der Waals surface area contributed by atoms with Crippen molar-refractivity contribution in [3.05, 3.63) is 84.8 Å². The van der Waals surface area contributed by atoms with Crippen molar-refractivity contribution in [1.82, 2.24) is 9.97 Å². The second kappa shape index (κ2) is 13.8. The number of hydrogen-bond acceptors (Lipinski definition) is 13. The van der Waals surface area contributed by atoms with Crippen molar-refractivity contribution in [2.24, 2.45) is 0 Å². The molecule has 204 valence electrons. The molecule has 0 saturated carbocycles. The van der Waals surface area contributed by atoms with Gasteiger partial charge in [0.25, 0.3) is 11.4 Å². The summed E-state index contributed by atoms with van der Waals surface area (Å²) < 4.78 is 11.9. The van der Waals surface area contributed by atoms with Gasteiger partial charge in [-0.05, 0) is 30.3 Å². The number of anilines is 2. The van der Waals surface area contributed by atoms with Gasteiger partial charge in [-0.15, -0.1) is 35.3 Å². The molecule has 0 atom stereocenters. The van der Waals surface area contributed by atoms with E-state index in [4.69, 9.17) is 20.9 Å². The zero-order valence-electron chi connectivity index (χ0n) is 20.8. The van der Waals surface area contributed by atoms with Gasteiger partial charge >= 0.3 is 0 Å². The topological polar surface area (TPSA) is 183 Å². The maximum absolute atomic E-state index is 10.5. The monoisotopic (exact) mass is 588 g/mol. The van der Waals surface area contributed by atoms with Gasteiger partial charge in [0.15, 0.2) is 0 Å². The number of nitrogens with two attached hydrogens (primary N) is 2. The number of nitrogen functional groups attached to an aromatic ring is 2. The molecule has 0 saturated heterocycles. The van der Waals surface area contributed by atoms with E-state index in [0.29, 0.717) is 23.8 Å². The average molecular weight is 589 g/mol. The Balaban J connectivity index is 0.000000164. The van der Waals surface area contributed by atoms with Gasteiger partial charge in [-0.3, -0.25) is 20.2 Å². The van der Waals surface area contributed by atoms with Crippen LogP contribution in [0.4, 0.5) is 22.7 Å². The standard InChI is InChI=1S/C9H8N2O3S.C9H10N2OS.C6H6N2O2S/c1-14-5-9-10-7-3-2-6(11(12)13)4-8(7)15-9;1-12-5-9-11-7-3-2-6(10)4-8(7)13-9;7-5-2-1-4(8(9)10)3-6(5)11/h2-4H,5H2,1H3;2-4H,5,10H2,1H3;1-3,11H,7H2. The number of nitrogens with zero attached hydrogens (tertiary/aromatic N) is 4. The lowest BCUT2D eigenvalue weighted by atomic mass is 10.3. The van der Waals surface area contributed by atoms with Crippen LogP contribution in [-0.2, 0) is 22.7 Å². The fraction of sp³-hybridized carbons (Fsp3) is 0.167. The van der Waals surface area contributed by atoms with E-state index in [0.717, 1.165) is 36.1 Å². The summed E-state index contributed by atoms with van der Waals surface area (Å²) in [4.78, 5) is 28.9. The third-order valence-electron chi connectivity index (χ3n) is 4.84. The summed E-state index contributed by atoms with van der Waals surface area (Å²) in [5.74, 6) is 0. The molecule has 15 heteroatoms. The minimum Gasteiger partial charge on any atom is -0.399 e. The highest BCUT2D eigenvalue weighted by molar-refractivity contribution is 7.80. The predicted molar refractivity (Wildman–Crippen MR) is 156 cm³/mol. The Morgan fingerprint density at radius 3 is 1.79 bits per heavy atom. The van der Waals surface area contributed by atoms with Crippen molar-refractivity contribution in [2.75, 3.05) is 25.7 Å². The first kappa shape index (κ1) is 29.7. The van der Waals surface area contributed by atoms with Crippen LogP contribution in [0.5, 0.6) is 0 Å². The summed E-state index contributed by atoms with van der Waals surface area (Å²) in [7, 11) is 3.26. The molecule has 0 bridgehead atoms.